The minimum atomic E-state index is -0.126. The Kier molecular flexibility index (Phi) is 19.7. The Morgan fingerprint density at radius 2 is 0.895 bits per heavy atom. The van der Waals surface area contributed by atoms with Crippen LogP contribution in [0.2, 0.25) is 0 Å². The molecule has 0 unspecified atom stereocenters. The molecule has 13 nitrogen and oxygen atoms in total. The lowest BCUT2D eigenvalue weighted by atomic mass is 10.1. The van der Waals surface area contributed by atoms with Gasteiger partial charge in [-0.3, -0.25) is 44.1 Å². The van der Waals surface area contributed by atoms with Gasteiger partial charge in [-0.1, -0.05) is 129 Å². The molecular formula is C61H68I2N6O7. The van der Waals surface area contributed by atoms with E-state index in [1.165, 1.54) is 20.8 Å². The van der Waals surface area contributed by atoms with Crippen LogP contribution < -0.4 is 28.9 Å². The largest absolute Gasteiger partial charge is 0.508 e. The smallest absolute Gasteiger partial charge is 0.261 e. The lowest BCUT2D eigenvalue weighted by Gasteiger charge is -2.22. The Labute approximate surface area is 475 Å². The number of aliphatic imine (C=N–C) groups is 3. The zero-order chi connectivity index (χ0) is 50.0. The van der Waals surface area contributed by atoms with E-state index in [2.05, 4.69) is 67.3 Å². The van der Waals surface area contributed by atoms with Gasteiger partial charge in [0.15, 0.2) is 11.5 Å². The topological polar surface area (TPSA) is 146 Å². The third-order valence-electron chi connectivity index (χ3n) is 13.5. The predicted octanol–water partition coefficient (Wildman–Crippen LogP) is 14.2. The summed E-state index contributed by atoms with van der Waals surface area (Å²) in [6.45, 7) is 4.49. The third-order valence-corrected chi connectivity index (χ3v) is 15.0. The van der Waals surface area contributed by atoms with E-state index in [-0.39, 0.29) is 71.3 Å². The molecule has 398 valence electrons. The van der Waals surface area contributed by atoms with Gasteiger partial charge in [-0.15, -0.1) is 0 Å². The van der Waals surface area contributed by atoms with Crippen molar-refractivity contribution in [2.24, 2.45) is 15.0 Å². The van der Waals surface area contributed by atoms with Crippen LogP contribution >= 0.6 is 45.2 Å². The van der Waals surface area contributed by atoms with Gasteiger partial charge in [-0.05, 0) is 84.5 Å². The number of benzene rings is 6. The van der Waals surface area contributed by atoms with E-state index in [9.17, 15) is 19.5 Å². The zero-order valence-electron chi connectivity index (χ0n) is 40.1. The number of phenolic OH excluding ortho intramolecular Hbond substituents is 1. The number of aryl methyl sites for hydroxylation is 2. The molecule has 3 amide bonds. The van der Waals surface area contributed by atoms with Crippen molar-refractivity contribution in [3.63, 3.8) is 0 Å². The van der Waals surface area contributed by atoms with E-state index in [0.717, 1.165) is 53.0 Å². The average molecular weight is 1250 g/mol. The molecule has 0 aliphatic carbocycles. The molecule has 76 heavy (non-hydrogen) atoms. The van der Waals surface area contributed by atoms with Crippen molar-refractivity contribution < 1.29 is 33.7 Å². The molecule has 0 saturated carbocycles. The quantitative estimate of drug-likeness (QED) is 0.0861. The molecule has 3 atom stereocenters. The van der Waals surface area contributed by atoms with Gasteiger partial charge in [-0.25, -0.2) is 0 Å². The predicted molar refractivity (Wildman–Crippen MR) is 329 cm³/mol. The Morgan fingerprint density at radius 3 is 1.32 bits per heavy atom. The first kappa shape index (κ1) is 58.7. The van der Waals surface area contributed by atoms with Crippen molar-refractivity contribution in [2.75, 3.05) is 43.9 Å². The Morgan fingerprint density at radius 1 is 0.513 bits per heavy atom. The van der Waals surface area contributed by atoms with E-state index in [4.69, 9.17) is 19.2 Å². The van der Waals surface area contributed by atoms with Crippen molar-refractivity contribution in [3.05, 3.63) is 154 Å². The number of hydrogen-bond acceptors (Lipinski definition) is 10. The number of carbonyl (C=O) groups excluding carboxylic acids is 3. The maximum atomic E-state index is 13.7. The second-order valence-corrected chi connectivity index (χ2v) is 20.3. The first-order valence-electron chi connectivity index (χ1n) is 24.0. The number of hydrogen-bond donors (Lipinski definition) is 1. The van der Waals surface area contributed by atoms with Gasteiger partial charge in [0, 0.05) is 88.4 Å². The van der Waals surface area contributed by atoms with Gasteiger partial charge in [0.2, 0.25) is 0 Å². The highest BCUT2D eigenvalue weighted by molar-refractivity contribution is 14.1. The van der Waals surface area contributed by atoms with E-state index in [0.29, 0.717) is 76.2 Å². The molecule has 0 aromatic heterocycles. The summed E-state index contributed by atoms with van der Waals surface area (Å²) in [6, 6.07) is 34.2. The van der Waals surface area contributed by atoms with Crippen molar-refractivity contribution in [3.8, 4) is 23.0 Å². The molecule has 0 bridgehead atoms. The van der Waals surface area contributed by atoms with E-state index >= 15 is 0 Å². The Balaban J connectivity index is 0.000000261. The fourth-order valence-electron chi connectivity index (χ4n) is 9.92. The number of amides is 3. The standard InChI is InChI=1S/C37H32N4O5.C17H14N2O2.C3H6I2.4CH4/c1-22-14-27-29(38-20-25-15-23-8-3-5-10-31(23)40(25)36(27)42)18-33(22)45-12-7-13-46-35-19-30-28(17-34(35)44-2)37(43)41-26(21-39-30)16-24-9-4-6-11-32(24)41;1-10-6-13-14(8-16(10)20)18-9-12-7-11-4-2-3-5-15(11)19(12)17(13)21;4-2-1-3-5;;;;/h3-6,8-11,14,17-21,25-26H,7,12-13,15-16H2,1-2H3;2-6,8-9,12,20H,7H2,1H3;1-3H2;4*1H4/t25-,26-;12-;;;;;/m00...../s1. The molecule has 6 aromatic carbocycles. The number of nitrogens with zero attached hydrogens (tertiary/aromatic N) is 6. The summed E-state index contributed by atoms with van der Waals surface area (Å²) in [7, 11) is 1.56. The summed E-state index contributed by atoms with van der Waals surface area (Å²) in [5, 5.41) is 9.82. The van der Waals surface area contributed by atoms with E-state index in [1.807, 2.05) is 102 Å². The van der Waals surface area contributed by atoms with Crippen LogP contribution in [0.1, 0.15) is 101 Å². The van der Waals surface area contributed by atoms with Crippen LogP contribution in [0.3, 0.4) is 0 Å². The minimum absolute atomic E-state index is 0. The molecule has 0 saturated heterocycles. The number of halogens is 2. The fourth-order valence-corrected chi connectivity index (χ4v) is 12.1. The summed E-state index contributed by atoms with van der Waals surface area (Å²) in [5.74, 6) is 1.64. The highest BCUT2D eigenvalue weighted by Gasteiger charge is 2.39. The molecule has 15 heteroatoms. The van der Waals surface area contributed by atoms with Gasteiger partial charge in [-0.2, -0.15) is 0 Å². The van der Waals surface area contributed by atoms with E-state index in [1.54, 1.807) is 49.4 Å². The summed E-state index contributed by atoms with van der Waals surface area (Å²) in [6.07, 6.45) is 9.75. The van der Waals surface area contributed by atoms with Crippen LogP contribution in [-0.2, 0) is 19.3 Å². The number of aromatic hydroxyl groups is 1. The zero-order valence-corrected chi connectivity index (χ0v) is 44.4. The number of carbonyl (C=O) groups is 3. The van der Waals surface area contributed by atoms with Gasteiger partial charge in [0.1, 0.15) is 11.5 Å². The van der Waals surface area contributed by atoms with Crippen LogP contribution in [0.25, 0.3) is 0 Å². The van der Waals surface area contributed by atoms with Crippen LogP contribution in [0.5, 0.6) is 23.0 Å². The number of rotatable bonds is 9. The number of anilines is 3. The maximum Gasteiger partial charge on any atom is 0.261 e. The SMILES string of the molecule is C.C.C.C.COc1cc2c(cc1OCCCOc1cc3c(cc1C)C(=O)N1c4ccccc4C[C@H]1C=N3)N=C[C@@H]1Cc3ccccc3N1C2=O.Cc1cc2c(cc1O)N=C[C@@H]1Cc3ccccc3N1C2=O.ICCCI. The average Bonchev–Trinajstić information content (AvgIpc) is 4.03. The van der Waals surface area contributed by atoms with Crippen LogP contribution in [-0.4, -0.2) is 88.8 Å². The van der Waals surface area contributed by atoms with E-state index < -0.39 is 0 Å². The second-order valence-electron chi connectivity index (χ2n) is 18.2. The fraction of sp³-hybridized carbons (Fsp3) is 0.311. The minimum Gasteiger partial charge on any atom is -0.508 e. The number of para-hydroxylation sites is 3. The monoisotopic (exact) mass is 1250 g/mol. The second kappa shape index (κ2) is 25.5. The number of ether oxygens (including phenoxy) is 3. The van der Waals surface area contributed by atoms with Crippen LogP contribution in [0.4, 0.5) is 34.1 Å². The summed E-state index contributed by atoms with van der Waals surface area (Å²) in [5.41, 5.74) is 11.1. The third kappa shape index (κ3) is 11.4. The number of alkyl halides is 2. The normalized spacial score (nSPS) is 17.0. The maximum absolute atomic E-state index is 13.7. The Hall–Kier alpha value is -6.60. The summed E-state index contributed by atoms with van der Waals surface area (Å²) in [4.78, 5) is 59.4. The highest BCUT2D eigenvalue weighted by atomic mass is 127. The van der Waals surface area contributed by atoms with Crippen molar-refractivity contribution in [1.29, 1.82) is 0 Å². The van der Waals surface area contributed by atoms with Gasteiger partial charge < -0.3 is 19.3 Å². The van der Waals surface area contributed by atoms with Crippen molar-refractivity contribution >= 4 is 116 Å². The number of methoxy groups -OCH3 is 1. The van der Waals surface area contributed by atoms with Gasteiger partial charge >= 0.3 is 0 Å². The highest BCUT2D eigenvalue weighted by Crippen LogP contribution is 2.43. The molecule has 6 aliphatic rings. The molecule has 6 heterocycles. The summed E-state index contributed by atoms with van der Waals surface area (Å²) < 4.78 is 20.5. The first-order valence-corrected chi connectivity index (χ1v) is 27.1. The molecule has 12 rings (SSSR count). The molecule has 0 fully saturated rings. The van der Waals surface area contributed by atoms with Crippen molar-refractivity contribution in [1.82, 2.24) is 0 Å². The molecular weight excluding hydrogens is 1180 g/mol. The Bertz CT molecular complexity index is 3210. The molecule has 0 spiro atoms. The van der Waals surface area contributed by atoms with Crippen LogP contribution in [0, 0.1) is 13.8 Å². The van der Waals surface area contributed by atoms with Gasteiger partial charge in [0.25, 0.3) is 17.7 Å². The van der Waals surface area contributed by atoms with Crippen molar-refractivity contribution in [2.45, 2.75) is 93.8 Å². The molecule has 6 aliphatic heterocycles. The molecule has 1 N–H and O–H groups in total. The summed E-state index contributed by atoms with van der Waals surface area (Å²) >= 11 is 4.77. The number of phenols is 1. The lowest BCUT2D eigenvalue weighted by molar-refractivity contribution is 0.0979. The van der Waals surface area contributed by atoms with Gasteiger partial charge in [0.05, 0.1) is 72.2 Å². The lowest BCUT2D eigenvalue weighted by Crippen LogP contribution is -2.37. The first-order chi connectivity index (χ1) is 35.1. The van der Waals surface area contributed by atoms with Crippen LogP contribution in [0.15, 0.2) is 124 Å². The molecule has 6 aromatic rings. The molecule has 0 radical (unpaired) electrons. The number of fused-ring (bicyclic) bond motifs is 12.